The molecule has 3 fully saturated rings. The van der Waals surface area contributed by atoms with Crippen molar-refractivity contribution < 1.29 is 9.53 Å². The van der Waals surface area contributed by atoms with E-state index in [9.17, 15) is 5.11 Å². The first kappa shape index (κ1) is 22.1. The topological polar surface area (TPSA) is 29.5 Å². The molecular formula is C26H46O2Si. The Morgan fingerprint density at radius 1 is 1.14 bits per heavy atom. The Labute approximate surface area is 181 Å². The number of hydrogen-bond acceptors (Lipinski definition) is 2. The number of aliphatic hydroxyl groups excluding tert-OH is 1. The fraction of sp³-hybridized carbons (Fsp3) is 0.923. The molecule has 4 aliphatic carbocycles. The summed E-state index contributed by atoms with van der Waals surface area (Å²) in [7, 11) is -1.71. The lowest BCUT2D eigenvalue weighted by molar-refractivity contribution is -0.0993. The third kappa shape index (κ3) is 3.33. The molecule has 1 N–H and O–H groups in total. The van der Waals surface area contributed by atoms with Crippen molar-refractivity contribution in [3.05, 3.63) is 11.6 Å². The molecule has 0 aromatic heterocycles. The van der Waals surface area contributed by atoms with Crippen LogP contribution in [0, 0.1) is 34.5 Å². The summed E-state index contributed by atoms with van der Waals surface area (Å²) in [5, 5.41) is 11.1. The molecule has 0 unspecified atom stereocenters. The van der Waals surface area contributed by atoms with Gasteiger partial charge in [0.25, 0.3) is 0 Å². The number of rotatable bonds is 2. The molecule has 29 heavy (non-hydrogen) atoms. The monoisotopic (exact) mass is 418 g/mol. The van der Waals surface area contributed by atoms with Gasteiger partial charge in [-0.2, -0.15) is 0 Å². The van der Waals surface area contributed by atoms with E-state index in [4.69, 9.17) is 4.43 Å². The van der Waals surface area contributed by atoms with Crippen molar-refractivity contribution >= 4 is 8.32 Å². The van der Waals surface area contributed by atoms with Gasteiger partial charge in [-0.05, 0) is 97.6 Å². The molecule has 2 nitrogen and oxygen atoms in total. The van der Waals surface area contributed by atoms with E-state index in [1.807, 2.05) is 0 Å². The van der Waals surface area contributed by atoms with Gasteiger partial charge >= 0.3 is 0 Å². The van der Waals surface area contributed by atoms with Crippen LogP contribution in [0.4, 0.5) is 0 Å². The summed E-state index contributed by atoms with van der Waals surface area (Å²) in [6, 6.07) is 0. The minimum absolute atomic E-state index is 0.0807. The molecule has 0 heterocycles. The van der Waals surface area contributed by atoms with Gasteiger partial charge in [-0.25, -0.2) is 0 Å². The van der Waals surface area contributed by atoms with Gasteiger partial charge in [-0.3, -0.25) is 0 Å². The molecule has 8 atom stereocenters. The molecule has 0 aromatic carbocycles. The lowest BCUT2D eigenvalue weighted by Gasteiger charge is -2.60. The van der Waals surface area contributed by atoms with E-state index in [2.05, 4.69) is 60.7 Å². The number of aliphatic hydroxyl groups is 1. The fourth-order valence-electron chi connectivity index (χ4n) is 8.01. The molecule has 0 aliphatic heterocycles. The molecule has 4 rings (SSSR count). The van der Waals surface area contributed by atoms with Gasteiger partial charge < -0.3 is 9.53 Å². The van der Waals surface area contributed by atoms with Crippen LogP contribution in [0.15, 0.2) is 11.6 Å². The average molecular weight is 419 g/mol. The van der Waals surface area contributed by atoms with Crippen LogP contribution >= 0.6 is 0 Å². The van der Waals surface area contributed by atoms with Crippen molar-refractivity contribution in [3.8, 4) is 0 Å². The Bertz CT molecular complexity index is 677. The normalized spacial score (nSPS) is 47.8. The van der Waals surface area contributed by atoms with Crippen molar-refractivity contribution in [1.82, 2.24) is 0 Å². The summed E-state index contributed by atoms with van der Waals surface area (Å²) >= 11 is 0. The van der Waals surface area contributed by atoms with Crippen molar-refractivity contribution in [2.24, 2.45) is 34.5 Å². The van der Waals surface area contributed by atoms with Gasteiger partial charge in [0.05, 0.1) is 6.10 Å². The van der Waals surface area contributed by atoms with Crippen LogP contribution in [0.1, 0.15) is 86.5 Å². The third-order valence-corrected chi connectivity index (χ3v) is 15.1. The molecular weight excluding hydrogens is 372 g/mol. The van der Waals surface area contributed by atoms with E-state index in [0.717, 1.165) is 30.6 Å². The summed E-state index contributed by atoms with van der Waals surface area (Å²) in [5.41, 5.74) is 2.22. The maximum atomic E-state index is 10.8. The number of allylic oxidation sites excluding steroid dienone is 1. The number of hydrogen-bond donors (Lipinski definition) is 1. The Hall–Kier alpha value is -0.123. The van der Waals surface area contributed by atoms with Crippen LogP contribution in [0.25, 0.3) is 0 Å². The second kappa shape index (κ2) is 6.94. The van der Waals surface area contributed by atoms with Crippen LogP contribution < -0.4 is 0 Å². The zero-order valence-corrected chi connectivity index (χ0v) is 21.3. The minimum atomic E-state index is -1.71. The lowest BCUT2D eigenvalue weighted by Crippen LogP contribution is -2.55. The predicted molar refractivity (Wildman–Crippen MR) is 124 cm³/mol. The molecule has 0 spiro atoms. The highest BCUT2D eigenvalue weighted by molar-refractivity contribution is 6.74. The Kier molecular flexibility index (Phi) is 5.28. The zero-order chi connectivity index (χ0) is 21.4. The van der Waals surface area contributed by atoms with Crippen molar-refractivity contribution in [3.63, 3.8) is 0 Å². The van der Waals surface area contributed by atoms with Crippen LogP contribution in [0.5, 0.6) is 0 Å². The third-order valence-electron chi connectivity index (χ3n) is 10.5. The van der Waals surface area contributed by atoms with Gasteiger partial charge in [0, 0.05) is 6.10 Å². The highest BCUT2D eigenvalue weighted by Crippen LogP contribution is 2.66. The van der Waals surface area contributed by atoms with E-state index in [1.54, 1.807) is 5.57 Å². The molecule has 4 aliphatic rings. The first-order chi connectivity index (χ1) is 13.3. The van der Waals surface area contributed by atoms with Gasteiger partial charge in [0.1, 0.15) is 0 Å². The summed E-state index contributed by atoms with van der Waals surface area (Å²) in [6.45, 7) is 19.4. The van der Waals surface area contributed by atoms with Gasteiger partial charge in [-0.1, -0.05) is 53.2 Å². The smallest absolute Gasteiger partial charge is 0.192 e. The van der Waals surface area contributed by atoms with E-state index in [-0.39, 0.29) is 16.6 Å². The van der Waals surface area contributed by atoms with Gasteiger partial charge in [0.2, 0.25) is 0 Å². The van der Waals surface area contributed by atoms with Crippen molar-refractivity contribution in [1.29, 1.82) is 0 Å². The van der Waals surface area contributed by atoms with E-state index < -0.39 is 8.32 Å². The van der Waals surface area contributed by atoms with Gasteiger partial charge in [0.15, 0.2) is 8.32 Å². The standard InChI is InChI=1S/C26H46O2Si/c1-17-16-26(6)21(11-12-22(26)27)20-10-9-18-15-19(13-14-25(18,5)23(17)20)28-29(7,8)24(2,3)4/h9,17,19-23,27H,10-16H2,1-8H3/t17-,19-,20-,21-,22-,23-,25-,26-/m0/s1. The maximum absolute atomic E-state index is 10.8. The SMILES string of the molecule is C[C@H]1C[C@]2(C)[C@@H](O)CC[C@H]2[C@@H]2CC=C3C[C@@H](O[Si](C)(C)C(C)(C)C)CC[C@]3(C)[C@H]21. The van der Waals surface area contributed by atoms with Gasteiger partial charge in [-0.15, -0.1) is 0 Å². The Morgan fingerprint density at radius 2 is 1.83 bits per heavy atom. The van der Waals surface area contributed by atoms with Crippen LogP contribution in [-0.4, -0.2) is 25.6 Å². The van der Waals surface area contributed by atoms with E-state index in [0.29, 0.717) is 17.4 Å². The van der Waals surface area contributed by atoms with E-state index in [1.165, 1.54) is 32.1 Å². The van der Waals surface area contributed by atoms with Crippen molar-refractivity contribution in [2.45, 2.75) is 117 Å². The second-order valence-electron chi connectivity index (χ2n) is 13.2. The van der Waals surface area contributed by atoms with E-state index >= 15 is 0 Å². The zero-order valence-electron chi connectivity index (χ0n) is 20.3. The fourth-order valence-corrected chi connectivity index (χ4v) is 9.40. The first-order valence-corrected chi connectivity index (χ1v) is 15.3. The summed E-state index contributed by atoms with van der Waals surface area (Å²) in [4.78, 5) is 0. The predicted octanol–water partition coefficient (Wildman–Crippen LogP) is 6.95. The molecule has 0 aromatic rings. The Morgan fingerprint density at radius 3 is 2.48 bits per heavy atom. The molecule has 3 saturated carbocycles. The highest BCUT2D eigenvalue weighted by atomic mass is 28.4. The summed E-state index contributed by atoms with van der Waals surface area (Å²) in [6.07, 6.45) is 11.3. The maximum Gasteiger partial charge on any atom is 0.192 e. The molecule has 166 valence electrons. The highest BCUT2D eigenvalue weighted by Gasteiger charge is 2.60. The molecule has 0 radical (unpaired) electrons. The minimum Gasteiger partial charge on any atom is -0.414 e. The molecule has 0 amide bonds. The van der Waals surface area contributed by atoms with Crippen LogP contribution in [0.3, 0.4) is 0 Å². The van der Waals surface area contributed by atoms with Crippen LogP contribution in [0.2, 0.25) is 18.1 Å². The molecule has 0 saturated heterocycles. The average Bonchev–Trinajstić information content (AvgIpc) is 2.88. The first-order valence-electron chi connectivity index (χ1n) is 12.3. The largest absolute Gasteiger partial charge is 0.414 e. The van der Waals surface area contributed by atoms with Crippen molar-refractivity contribution in [2.75, 3.05) is 0 Å². The summed E-state index contributed by atoms with van der Waals surface area (Å²) < 4.78 is 6.86. The Balaban J connectivity index is 1.57. The molecule has 0 bridgehead atoms. The quantitative estimate of drug-likeness (QED) is 0.388. The summed E-state index contributed by atoms with van der Waals surface area (Å²) in [5.74, 6) is 2.99. The number of fused-ring (bicyclic) bond motifs is 5. The molecule has 3 heteroatoms. The van der Waals surface area contributed by atoms with Crippen LogP contribution in [-0.2, 0) is 4.43 Å². The second-order valence-corrected chi connectivity index (χ2v) is 18.0. The lowest BCUT2D eigenvalue weighted by atomic mass is 9.45.